The molecular weight excluding hydrogens is 480 g/mol. The molecule has 0 radical (unpaired) electrons. The summed E-state index contributed by atoms with van der Waals surface area (Å²) >= 11 is 0. The van der Waals surface area contributed by atoms with Gasteiger partial charge in [0.2, 0.25) is 0 Å². The third-order valence-corrected chi connectivity index (χ3v) is 7.10. The quantitative estimate of drug-likeness (QED) is 0.202. The van der Waals surface area contributed by atoms with Crippen molar-refractivity contribution in [2.24, 2.45) is 0 Å². The second-order valence-electron chi connectivity index (χ2n) is 9.22. The van der Waals surface area contributed by atoms with Gasteiger partial charge in [0, 0.05) is 0 Å². The summed E-state index contributed by atoms with van der Waals surface area (Å²) in [4.78, 5) is 0. The Morgan fingerprint density at radius 3 is 1.55 bits per heavy atom. The van der Waals surface area contributed by atoms with Gasteiger partial charge in [0.05, 0.1) is 23.3 Å². The molecule has 0 spiro atoms. The van der Waals surface area contributed by atoms with E-state index in [-0.39, 0.29) is 56.8 Å². The highest BCUT2D eigenvalue weighted by atomic mass is 14.2. The lowest BCUT2D eigenvalue weighted by Gasteiger charge is -2.19. The largest absolute Gasteiger partial charge is 0.0629 e. The fourth-order valence-electron chi connectivity index (χ4n) is 5.42. The Kier molecular flexibility index (Phi) is 2.65. The predicted octanol–water partition coefficient (Wildman–Crippen LogP) is 11.3. The van der Waals surface area contributed by atoms with Crippen molar-refractivity contribution in [1.29, 1.82) is 0 Å². The number of benzene rings is 8. The summed E-state index contributed by atoms with van der Waals surface area (Å²) in [6.45, 7) is 0. The van der Waals surface area contributed by atoms with Crippen LogP contribution in [0.15, 0.2) is 157 Å². The van der Waals surface area contributed by atoms with Crippen molar-refractivity contribution in [2.75, 3.05) is 0 Å². The van der Waals surface area contributed by atoms with Gasteiger partial charge in [0.1, 0.15) is 0 Å². The van der Waals surface area contributed by atoms with Crippen molar-refractivity contribution in [3.8, 4) is 33.4 Å². The van der Waals surface area contributed by atoms with Crippen molar-refractivity contribution >= 4 is 43.1 Å². The van der Waals surface area contributed by atoms with E-state index in [4.69, 9.17) is 17.8 Å². The molecule has 0 aromatic heterocycles. The molecule has 0 aliphatic carbocycles. The molecule has 8 aromatic rings. The van der Waals surface area contributed by atoms with Crippen LogP contribution in [0.2, 0.25) is 0 Å². The molecule has 0 bridgehead atoms. The van der Waals surface area contributed by atoms with Gasteiger partial charge in [0.15, 0.2) is 0 Å². The molecule has 0 aliphatic rings. The first-order chi connectivity index (χ1) is 26.9. The summed E-state index contributed by atoms with van der Waals surface area (Å²) in [5, 5.41) is 0.702. The molecule has 0 amide bonds. The van der Waals surface area contributed by atoms with Crippen molar-refractivity contribution in [1.82, 2.24) is 0 Å². The topological polar surface area (TPSA) is 0 Å². The van der Waals surface area contributed by atoms with Crippen LogP contribution in [0, 0.1) is 0 Å². The van der Waals surface area contributed by atoms with Gasteiger partial charge >= 0.3 is 0 Å². The first kappa shape index (κ1) is 11.5. The lowest BCUT2D eigenvalue weighted by atomic mass is 9.84. The van der Waals surface area contributed by atoms with Gasteiger partial charge in [0.25, 0.3) is 0 Å². The Labute approximate surface area is 257 Å². The van der Waals surface area contributed by atoms with E-state index < -0.39 is 84.1 Å². The molecule has 0 unspecified atom stereocenters. The van der Waals surface area contributed by atoms with Gasteiger partial charge < -0.3 is 0 Å². The lowest BCUT2D eigenvalue weighted by molar-refractivity contribution is 1.65. The van der Waals surface area contributed by atoms with E-state index in [9.17, 15) is 5.48 Å². The van der Waals surface area contributed by atoms with Crippen LogP contribution in [0.4, 0.5) is 0 Å². The van der Waals surface area contributed by atoms with Crippen LogP contribution in [0.5, 0.6) is 0 Å². The van der Waals surface area contributed by atoms with Crippen molar-refractivity contribution in [3.05, 3.63) is 157 Å². The highest BCUT2D eigenvalue weighted by molar-refractivity contribution is 6.24. The summed E-state index contributed by atoms with van der Waals surface area (Å²) in [6.07, 6.45) is 0. The molecule has 0 heterocycles. The van der Waals surface area contributed by atoms with Gasteiger partial charge in [-0.3, -0.25) is 0 Å². The highest BCUT2D eigenvalue weighted by Crippen LogP contribution is 2.46. The predicted molar refractivity (Wildman–Crippen MR) is 173 cm³/mol. The highest BCUT2D eigenvalue weighted by Gasteiger charge is 2.18. The standard InChI is InChI=1S/C40H26/c1-2-13-28(14-3-1)39-35-16-6-8-18-37(35)40(38-19-9-7-17-36(38)39)34-23-11-21-32-31(20-10-22-33(32)34)30-25-24-27-12-4-5-15-29(27)26-30/h1-26H/i1D,2D,3D,4D,5D,6D,7D,8D,9D,12D,13D,14D,15D,16D,17D,18D,19D. The van der Waals surface area contributed by atoms with Gasteiger partial charge in [-0.2, -0.15) is 0 Å². The third kappa shape index (κ3) is 3.54. The number of hydrogen-bond donors (Lipinski definition) is 0. The van der Waals surface area contributed by atoms with E-state index in [1.807, 2.05) is 0 Å². The minimum Gasteiger partial charge on any atom is -0.0622 e. The smallest absolute Gasteiger partial charge is 0.0622 e. The maximum absolute atomic E-state index is 9.29. The Balaban J connectivity index is 1.60. The van der Waals surface area contributed by atoms with Crippen LogP contribution < -0.4 is 0 Å². The van der Waals surface area contributed by atoms with Crippen molar-refractivity contribution in [3.63, 3.8) is 0 Å². The van der Waals surface area contributed by atoms with Crippen LogP contribution in [-0.2, 0) is 0 Å². The average Bonchev–Trinajstić information content (AvgIpc) is 3.21. The van der Waals surface area contributed by atoms with Gasteiger partial charge in [-0.05, 0) is 82.5 Å². The van der Waals surface area contributed by atoms with Crippen LogP contribution in [0.1, 0.15) is 23.3 Å². The van der Waals surface area contributed by atoms with Crippen LogP contribution in [0.3, 0.4) is 0 Å². The number of hydrogen-bond acceptors (Lipinski definition) is 0. The minimum absolute atomic E-state index is 0.00509. The molecule has 0 saturated carbocycles. The Hall–Kier alpha value is -5.20. The molecule has 0 heteroatoms. The number of rotatable bonds is 3. The average molecular weight is 524 g/mol. The third-order valence-electron chi connectivity index (χ3n) is 7.10. The molecule has 186 valence electrons. The summed E-state index contributed by atoms with van der Waals surface area (Å²) < 4.78 is 148. The molecule has 8 aromatic carbocycles. The maximum Gasteiger partial charge on any atom is 0.0629 e. The molecule has 0 aliphatic heterocycles. The van der Waals surface area contributed by atoms with Crippen LogP contribution in [0.25, 0.3) is 76.5 Å². The van der Waals surface area contributed by atoms with Gasteiger partial charge in [-0.1, -0.05) is 151 Å². The normalized spacial score (nSPS) is 17.4. The van der Waals surface area contributed by atoms with Gasteiger partial charge in [-0.25, -0.2) is 0 Å². The summed E-state index contributed by atoms with van der Waals surface area (Å²) in [5.74, 6) is 0. The Morgan fingerprint density at radius 1 is 0.350 bits per heavy atom. The van der Waals surface area contributed by atoms with Gasteiger partial charge in [-0.15, -0.1) is 0 Å². The number of fused-ring (bicyclic) bond motifs is 4. The summed E-state index contributed by atoms with van der Waals surface area (Å²) in [6, 6.07) is 5.33. The molecule has 40 heavy (non-hydrogen) atoms. The zero-order valence-corrected chi connectivity index (χ0v) is 20.7. The summed E-state index contributed by atoms with van der Waals surface area (Å²) in [5.41, 5.74) is 0.663. The fourth-order valence-corrected chi connectivity index (χ4v) is 5.42. The molecule has 8 rings (SSSR count). The second-order valence-corrected chi connectivity index (χ2v) is 9.22. The molecule has 0 fully saturated rings. The van der Waals surface area contributed by atoms with Crippen LogP contribution in [-0.4, -0.2) is 0 Å². The van der Waals surface area contributed by atoms with E-state index in [0.717, 1.165) is 0 Å². The van der Waals surface area contributed by atoms with Crippen molar-refractivity contribution in [2.45, 2.75) is 0 Å². The lowest BCUT2D eigenvalue weighted by Crippen LogP contribution is -1.92. The van der Waals surface area contributed by atoms with E-state index in [2.05, 4.69) is 0 Å². The minimum atomic E-state index is -0.746. The van der Waals surface area contributed by atoms with E-state index >= 15 is 0 Å². The monoisotopic (exact) mass is 523 g/mol. The zero-order valence-electron chi connectivity index (χ0n) is 37.7. The molecule has 0 atom stereocenters. The Bertz CT molecular complexity index is 3040. The zero-order chi connectivity index (χ0) is 41.3. The van der Waals surface area contributed by atoms with E-state index in [1.165, 1.54) is 0 Å². The fraction of sp³-hybridized carbons (Fsp3) is 0. The first-order valence-corrected chi connectivity index (χ1v) is 12.5. The van der Waals surface area contributed by atoms with Crippen molar-refractivity contribution < 1.29 is 23.3 Å². The van der Waals surface area contributed by atoms with E-state index in [1.54, 1.807) is 54.6 Å². The molecular formula is C40H26. The Morgan fingerprint density at radius 2 is 0.875 bits per heavy atom. The van der Waals surface area contributed by atoms with Crippen LogP contribution >= 0.6 is 0 Å². The van der Waals surface area contributed by atoms with E-state index in [0.29, 0.717) is 38.2 Å². The molecule has 0 N–H and O–H groups in total. The second kappa shape index (κ2) is 9.22. The SMILES string of the molecule is [2H]c1c([2H])c([2H])c(-c2c3c([2H])c([2H])c([2H])c([2H])c3c(-c3cccc4c(-c5ccc6c([2H])c([2H])c([2H])c([2H])c6c5)cccc34)c3c([2H])c([2H])c([2H])c([2H])c23)c([2H])c1[2H]. The maximum atomic E-state index is 9.29. The molecule has 0 nitrogen and oxygen atoms in total. The first-order valence-electron chi connectivity index (χ1n) is 21.0. The molecule has 0 saturated heterocycles. The summed E-state index contributed by atoms with van der Waals surface area (Å²) in [7, 11) is 0.